The highest BCUT2D eigenvalue weighted by atomic mass is 127. The summed E-state index contributed by atoms with van der Waals surface area (Å²) < 4.78 is 15.2. The molecule has 0 saturated carbocycles. The molecule has 1 atom stereocenters. The lowest BCUT2D eigenvalue weighted by atomic mass is 9.98. The Bertz CT molecular complexity index is 586. The molecule has 0 aromatic heterocycles. The Hall–Kier alpha value is -0.460. The van der Waals surface area contributed by atoms with Gasteiger partial charge in [0.15, 0.2) is 0 Å². The van der Waals surface area contributed by atoms with E-state index in [-0.39, 0.29) is 11.9 Å². The molecule has 1 N–H and O–H groups in total. The van der Waals surface area contributed by atoms with Crippen molar-refractivity contribution in [3.05, 3.63) is 67.5 Å². The molecule has 21 heavy (non-hydrogen) atoms. The molecule has 0 aliphatic rings. The molecule has 4 heteroatoms. The SMILES string of the molecule is CCCNC(Cc1ccc(I)cc1)c1ccc(F)c(Br)c1. The molecule has 0 fully saturated rings. The van der Waals surface area contributed by atoms with Crippen LogP contribution in [0.15, 0.2) is 46.9 Å². The molecule has 2 aromatic rings. The van der Waals surface area contributed by atoms with Crippen LogP contribution in [0.5, 0.6) is 0 Å². The fourth-order valence-electron chi connectivity index (χ4n) is 2.21. The first-order valence-electron chi connectivity index (χ1n) is 7.03. The number of hydrogen-bond donors (Lipinski definition) is 1. The lowest BCUT2D eigenvalue weighted by Gasteiger charge is -2.20. The van der Waals surface area contributed by atoms with Gasteiger partial charge in [0, 0.05) is 9.61 Å². The Morgan fingerprint density at radius 1 is 1.19 bits per heavy atom. The van der Waals surface area contributed by atoms with E-state index < -0.39 is 0 Å². The Morgan fingerprint density at radius 2 is 1.90 bits per heavy atom. The molecule has 0 bridgehead atoms. The molecule has 2 aromatic carbocycles. The van der Waals surface area contributed by atoms with Crippen LogP contribution in [0.3, 0.4) is 0 Å². The van der Waals surface area contributed by atoms with Crippen LogP contribution in [0.25, 0.3) is 0 Å². The number of benzene rings is 2. The molecule has 0 aliphatic heterocycles. The Balaban J connectivity index is 2.20. The third-order valence-corrected chi connectivity index (χ3v) is 4.67. The van der Waals surface area contributed by atoms with Crippen LogP contribution in [-0.4, -0.2) is 6.54 Å². The van der Waals surface area contributed by atoms with Gasteiger partial charge in [-0.15, -0.1) is 0 Å². The molecule has 0 radical (unpaired) electrons. The summed E-state index contributed by atoms with van der Waals surface area (Å²) in [6.45, 7) is 3.10. The van der Waals surface area contributed by atoms with Crippen molar-refractivity contribution in [3.8, 4) is 0 Å². The standard InChI is InChI=1S/C17H18BrFIN/c1-2-9-21-17(10-12-3-6-14(20)7-4-12)13-5-8-16(19)15(18)11-13/h3-8,11,17,21H,2,9-10H2,1H3. The van der Waals surface area contributed by atoms with Crippen LogP contribution in [0.4, 0.5) is 4.39 Å². The van der Waals surface area contributed by atoms with Gasteiger partial charge in [-0.2, -0.15) is 0 Å². The second kappa shape index (κ2) is 8.25. The number of nitrogens with one attached hydrogen (secondary N) is 1. The number of rotatable bonds is 6. The highest BCUT2D eigenvalue weighted by Crippen LogP contribution is 2.24. The van der Waals surface area contributed by atoms with Gasteiger partial charge in [-0.05, 0) is 93.3 Å². The average Bonchev–Trinajstić information content (AvgIpc) is 2.48. The second-order valence-electron chi connectivity index (χ2n) is 5.01. The highest BCUT2D eigenvalue weighted by Gasteiger charge is 2.13. The Labute approximate surface area is 147 Å². The molecule has 0 spiro atoms. The normalized spacial score (nSPS) is 12.4. The summed E-state index contributed by atoms with van der Waals surface area (Å²) in [6.07, 6.45) is 1.97. The molecule has 112 valence electrons. The van der Waals surface area contributed by atoms with Gasteiger partial charge in [-0.1, -0.05) is 25.1 Å². The summed E-state index contributed by atoms with van der Waals surface area (Å²) in [5.74, 6) is -0.220. The van der Waals surface area contributed by atoms with Crippen molar-refractivity contribution in [2.24, 2.45) is 0 Å². The van der Waals surface area contributed by atoms with E-state index in [0.717, 1.165) is 24.9 Å². The van der Waals surface area contributed by atoms with E-state index in [0.29, 0.717) is 4.47 Å². The summed E-state index contributed by atoms with van der Waals surface area (Å²) in [5, 5.41) is 3.55. The van der Waals surface area contributed by atoms with Crippen LogP contribution < -0.4 is 5.32 Å². The Kier molecular flexibility index (Phi) is 6.64. The molecule has 1 unspecified atom stereocenters. The van der Waals surface area contributed by atoms with E-state index in [1.165, 1.54) is 15.2 Å². The topological polar surface area (TPSA) is 12.0 Å². The van der Waals surface area contributed by atoms with Crippen molar-refractivity contribution in [2.75, 3.05) is 6.54 Å². The van der Waals surface area contributed by atoms with Crippen molar-refractivity contribution in [2.45, 2.75) is 25.8 Å². The van der Waals surface area contributed by atoms with Crippen LogP contribution in [0.1, 0.15) is 30.5 Å². The van der Waals surface area contributed by atoms with E-state index >= 15 is 0 Å². The molecule has 0 amide bonds. The summed E-state index contributed by atoms with van der Waals surface area (Å²) >= 11 is 5.58. The first-order chi connectivity index (χ1) is 10.1. The predicted molar refractivity (Wildman–Crippen MR) is 98.0 cm³/mol. The van der Waals surface area contributed by atoms with E-state index in [1.54, 1.807) is 0 Å². The van der Waals surface area contributed by atoms with Crippen LogP contribution in [0.2, 0.25) is 0 Å². The van der Waals surface area contributed by atoms with Crippen molar-refractivity contribution in [1.29, 1.82) is 0 Å². The summed E-state index contributed by atoms with van der Waals surface area (Å²) in [6, 6.07) is 14.0. The van der Waals surface area contributed by atoms with Gasteiger partial charge in [-0.3, -0.25) is 0 Å². The van der Waals surface area contributed by atoms with Crippen molar-refractivity contribution >= 4 is 38.5 Å². The predicted octanol–water partition coefficient (Wildman–Crippen LogP) is 5.48. The van der Waals surface area contributed by atoms with Crippen LogP contribution in [-0.2, 0) is 6.42 Å². The maximum Gasteiger partial charge on any atom is 0.137 e. The monoisotopic (exact) mass is 461 g/mol. The van der Waals surface area contributed by atoms with Crippen LogP contribution >= 0.6 is 38.5 Å². The van der Waals surface area contributed by atoms with Crippen molar-refractivity contribution in [1.82, 2.24) is 5.32 Å². The largest absolute Gasteiger partial charge is 0.310 e. The molecular formula is C17H18BrFIN. The van der Waals surface area contributed by atoms with E-state index in [9.17, 15) is 4.39 Å². The molecule has 0 heterocycles. The van der Waals surface area contributed by atoms with E-state index in [2.05, 4.69) is 75.0 Å². The van der Waals surface area contributed by atoms with Gasteiger partial charge in [0.25, 0.3) is 0 Å². The fraction of sp³-hybridized carbons (Fsp3) is 0.294. The van der Waals surface area contributed by atoms with E-state index in [4.69, 9.17) is 0 Å². The zero-order valence-corrected chi connectivity index (χ0v) is 15.6. The first-order valence-corrected chi connectivity index (χ1v) is 8.90. The van der Waals surface area contributed by atoms with E-state index in [1.807, 2.05) is 12.1 Å². The highest BCUT2D eigenvalue weighted by molar-refractivity contribution is 14.1. The molecule has 0 aliphatic carbocycles. The van der Waals surface area contributed by atoms with Crippen molar-refractivity contribution < 1.29 is 4.39 Å². The summed E-state index contributed by atoms with van der Waals surface area (Å²) in [4.78, 5) is 0. The average molecular weight is 462 g/mol. The molecule has 1 nitrogen and oxygen atoms in total. The van der Waals surface area contributed by atoms with Gasteiger partial charge in [-0.25, -0.2) is 4.39 Å². The lowest BCUT2D eigenvalue weighted by Crippen LogP contribution is -2.24. The van der Waals surface area contributed by atoms with Gasteiger partial charge >= 0.3 is 0 Å². The Morgan fingerprint density at radius 3 is 2.52 bits per heavy atom. The van der Waals surface area contributed by atoms with Gasteiger partial charge in [0.05, 0.1) is 4.47 Å². The maximum absolute atomic E-state index is 13.4. The van der Waals surface area contributed by atoms with Gasteiger partial charge in [0.2, 0.25) is 0 Å². The minimum Gasteiger partial charge on any atom is -0.310 e. The van der Waals surface area contributed by atoms with Crippen molar-refractivity contribution in [3.63, 3.8) is 0 Å². The molecule has 2 rings (SSSR count). The van der Waals surface area contributed by atoms with Gasteiger partial charge in [0.1, 0.15) is 5.82 Å². The molecular weight excluding hydrogens is 444 g/mol. The maximum atomic E-state index is 13.4. The zero-order chi connectivity index (χ0) is 15.2. The summed E-state index contributed by atoms with van der Waals surface area (Å²) in [7, 11) is 0. The third-order valence-electron chi connectivity index (χ3n) is 3.34. The third kappa shape index (κ3) is 5.04. The first kappa shape index (κ1) is 16.9. The quantitative estimate of drug-likeness (QED) is 0.562. The number of halogens is 3. The minimum atomic E-state index is -0.220. The van der Waals surface area contributed by atoms with Crippen LogP contribution in [0, 0.1) is 9.39 Å². The minimum absolute atomic E-state index is 0.196. The second-order valence-corrected chi connectivity index (χ2v) is 7.11. The summed E-state index contributed by atoms with van der Waals surface area (Å²) in [5.41, 5.74) is 2.39. The fourth-order valence-corrected chi connectivity index (χ4v) is 2.97. The van der Waals surface area contributed by atoms with Gasteiger partial charge < -0.3 is 5.32 Å². The molecule has 0 saturated heterocycles. The smallest absolute Gasteiger partial charge is 0.137 e. The number of hydrogen-bond acceptors (Lipinski definition) is 1. The zero-order valence-electron chi connectivity index (χ0n) is 11.9. The lowest BCUT2D eigenvalue weighted by molar-refractivity contribution is 0.527.